The summed E-state index contributed by atoms with van der Waals surface area (Å²) in [6.45, 7) is 0.522. The van der Waals surface area contributed by atoms with Gasteiger partial charge in [0.15, 0.2) is 0 Å². The smallest absolute Gasteiger partial charge is 0.147 e. The van der Waals surface area contributed by atoms with Crippen LogP contribution in [0.2, 0.25) is 0 Å². The van der Waals surface area contributed by atoms with E-state index in [0.29, 0.717) is 16.7 Å². The Morgan fingerprint density at radius 2 is 1.90 bits per heavy atom. The van der Waals surface area contributed by atoms with E-state index in [0.717, 1.165) is 16.3 Å². The lowest BCUT2D eigenvalue weighted by Crippen LogP contribution is -2.03. The Labute approximate surface area is 124 Å². The van der Waals surface area contributed by atoms with Gasteiger partial charge in [0, 0.05) is 28.8 Å². The van der Waals surface area contributed by atoms with Crippen LogP contribution in [0.5, 0.6) is 0 Å². The van der Waals surface area contributed by atoms with Crippen LogP contribution in [0, 0.1) is 5.82 Å². The number of anilines is 1. The zero-order valence-electron chi connectivity index (χ0n) is 10.6. The first-order chi connectivity index (χ1) is 9.75. The Bertz CT molecular complexity index is 733. The third-order valence-corrected chi connectivity index (χ3v) is 3.83. The summed E-state index contributed by atoms with van der Waals surface area (Å²) in [5.74, 6) is -0.271. The fourth-order valence-corrected chi connectivity index (χ4v) is 2.65. The van der Waals surface area contributed by atoms with Crippen molar-refractivity contribution in [2.45, 2.75) is 6.54 Å². The second kappa shape index (κ2) is 5.59. The Morgan fingerprint density at radius 1 is 1.05 bits per heavy atom. The van der Waals surface area contributed by atoms with Crippen molar-refractivity contribution in [1.82, 2.24) is 4.98 Å². The SMILES string of the molecule is Fc1cccc(Br)c1NCc1cncc2ccccc12. The molecule has 100 valence electrons. The number of hydrogen-bond acceptors (Lipinski definition) is 2. The van der Waals surface area contributed by atoms with Gasteiger partial charge in [-0.2, -0.15) is 0 Å². The van der Waals surface area contributed by atoms with E-state index in [2.05, 4.69) is 26.2 Å². The molecule has 0 atom stereocenters. The topological polar surface area (TPSA) is 24.9 Å². The van der Waals surface area contributed by atoms with E-state index in [1.807, 2.05) is 42.7 Å². The molecule has 1 aromatic heterocycles. The molecule has 1 N–H and O–H groups in total. The van der Waals surface area contributed by atoms with Crippen molar-refractivity contribution in [1.29, 1.82) is 0 Å². The number of benzene rings is 2. The number of nitrogens with zero attached hydrogens (tertiary/aromatic N) is 1. The molecular weight excluding hydrogens is 319 g/mol. The van der Waals surface area contributed by atoms with Gasteiger partial charge in [-0.05, 0) is 39.0 Å². The lowest BCUT2D eigenvalue weighted by molar-refractivity contribution is 0.629. The summed E-state index contributed by atoms with van der Waals surface area (Å²) in [5.41, 5.74) is 1.51. The summed E-state index contributed by atoms with van der Waals surface area (Å²) in [7, 11) is 0. The number of nitrogens with one attached hydrogen (secondary N) is 1. The molecule has 3 aromatic rings. The fraction of sp³-hybridized carbons (Fsp3) is 0.0625. The molecule has 0 spiro atoms. The first-order valence-corrected chi connectivity index (χ1v) is 7.04. The van der Waals surface area contributed by atoms with Gasteiger partial charge in [0.2, 0.25) is 0 Å². The molecule has 0 amide bonds. The van der Waals surface area contributed by atoms with Crippen LogP contribution in [-0.4, -0.2) is 4.98 Å². The molecule has 0 radical (unpaired) electrons. The largest absolute Gasteiger partial charge is 0.378 e. The number of fused-ring (bicyclic) bond motifs is 1. The molecular formula is C16H12BrFN2. The summed E-state index contributed by atoms with van der Waals surface area (Å²) in [4.78, 5) is 4.22. The van der Waals surface area contributed by atoms with Crippen LogP contribution in [0.25, 0.3) is 10.8 Å². The summed E-state index contributed by atoms with van der Waals surface area (Å²) in [6.07, 6.45) is 3.64. The number of aromatic nitrogens is 1. The van der Waals surface area contributed by atoms with E-state index in [-0.39, 0.29) is 5.82 Å². The Morgan fingerprint density at radius 3 is 2.75 bits per heavy atom. The van der Waals surface area contributed by atoms with Gasteiger partial charge in [-0.25, -0.2) is 4.39 Å². The van der Waals surface area contributed by atoms with Gasteiger partial charge in [0.1, 0.15) is 5.82 Å². The second-order valence-corrected chi connectivity index (χ2v) is 5.32. The lowest BCUT2D eigenvalue weighted by Gasteiger charge is -2.11. The first-order valence-electron chi connectivity index (χ1n) is 6.25. The predicted octanol–water partition coefficient (Wildman–Crippen LogP) is 4.75. The van der Waals surface area contributed by atoms with Crippen LogP contribution in [0.1, 0.15) is 5.56 Å². The summed E-state index contributed by atoms with van der Waals surface area (Å²) in [6, 6.07) is 13.0. The van der Waals surface area contributed by atoms with E-state index < -0.39 is 0 Å². The molecule has 4 heteroatoms. The van der Waals surface area contributed by atoms with Gasteiger partial charge in [0.05, 0.1) is 5.69 Å². The highest BCUT2D eigenvalue weighted by molar-refractivity contribution is 9.10. The number of hydrogen-bond donors (Lipinski definition) is 1. The average Bonchev–Trinajstić information content (AvgIpc) is 2.47. The first kappa shape index (κ1) is 13.1. The molecule has 0 aliphatic heterocycles. The van der Waals surface area contributed by atoms with Crippen LogP contribution >= 0.6 is 15.9 Å². The van der Waals surface area contributed by atoms with Gasteiger partial charge in [-0.3, -0.25) is 4.98 Å². The maximum atomic E-state index is 13.8. The molecule has 2 aromatic carbocycles. The highest BCUT2D eigenvalue weighted by atomic mass is 79.9. The number of para-hydroxylation sites is 1. The highest BCUT2D eigenvalue weighted by Crippen LogP contribution is 2.26. The van der Waals surface area contributed by atoms with E-state index in [4.69, 9.17) is 0 Å². The van der Waals surface area contributed by atoms with Crippen molar-refractivity contribution in [3.8, 4) is 0 Å². The van der Waals surface area contributed by atoms with Crippen molar-refractivity contribution < 1.29 is 4.39 Å². The third-order valence-electron chi connectivity index (χ3n) is 3.17. The van der Waals surface area contributed by atoms with Crippen LogP contribution in [-0.2, 0) is 6.54 Å². The second-order valence-electron chi connectivity index (χ2n) is 4.47. The molecule has 2 nitrogen and oxygen atoms in total. The van der Waals surface area contributed by atoms with Gasteiger partial charge in [-0.15, -0.1) is 0 Å². The quantitative estimate of drug-likeness (QED) is 0.749. The Kier molecular flexibility index (Phi) is 3.65. The van der Waals surface area contributed by atoms with Crippen LogP contribution in [0.15, 0.2) is 59.3 Å². The Hall–Kier alpha value is -1.94. The third kappa shape index (κ3) is 2.51. The van der Waals surface area contributed by atoms with Gasteiger partial charge >= 0.3 is 0 Å². The minimum Gasteiger partial charge on any atom is -0.378 e. The molecule has 0 aliphatic carbocycles. The maximum absolute atomic E-state index is 13.8. The summed E-state index contributed by atoms with van der Waals surface area (Å²) in [5, 5.41) is 5.34. The zero-order chi connectivity index (χ0) is 13.9. The van der Waals surface area contributed by atoms with Crippen molar-refractivity contribution >= 4 is 32.4 Å². The Balaban J connectivity index is 1.91. The summed E-state index contributed by atoms with van der Waals surface area (Å²) < 4.78 is 14.5. The predicted molar refractivity (Wildman–Crippen MR) is 83.2 cm³/mol. The zero-order valence-corrected chi connectivity index (χ0v) is 12.2. The standard InChI is InChI=1S/C16H12BrFN2/c17-14-6-3-7-15(18)16(14)20-10-12-9-19-8-11-4-1-2-5-13(11)12/h1-9,20H,10H2. The highest BCUT2D eigenvalue weighted by Gasteiger charge is 2.07. The molecule has 0 aliphatic rings. The molecule has 3 rings (SSSR count). The number of halogens is 2. The van der Waals surface area contributed by atoms with Gasteiger partial charge in [-0.1, -0.05) is 30.3 Å². The van der Waals surface area contributed by atoms with Crippen molar-refractivity contribution in [3.05, 3.63) is 70.7 Å². The van der Waals surface area contributed by atoms with Crippen LogP contribution in [0.4, 0.5) is 10.1 Å². The molecule has 0 bridgehead atoms. The van der Waals surface area contributed by atoms with Crippen LogP contribution in [0.3, 0.4) is 0 Å². The maximum Gasteiger partial charge on any atom is 0.147 e. The van der Waals surface area contributed by atoms with Crippen molar-refractivity contribution in [3.63, 3.8) is 0 Å². The molecule has 0 saturated heterocycles. The van der Waals surface area contributed by atoms with Gasteiger partial charge in [0.25, 0.3) is 0 Å². The lowest BCUT2D eigenvalue weighted by atomic mass is 10.1. The molecule has 20 heavy (non-hydrogen) atoms. The van der Waals surface area contributed by atoms with Gasteiger partial charge < -0.3 is 5.32 Å². The van der Waals surface area contributed by atoms with Crippen LogP contribution < -0.4 is 5.32 Å². The summed E-state index contributed by atoms with van der Waals surface area (Å²) >= 11 is 3.35. The minimum absolute atomic E-state index is 0.271. The van der Waals surface area contributed by atoms with Crippen molar-refractivity contribution in [2.24, 2.45) is 0 Å². The molecule has 0 fully saturated rings. The average molecular weight is 331 g/mol. The minimum atomic E-state index is -0.271. The monoisotopic (exact) mass is 330 g/mol. The van der Waals surface area contributed by atoms with E-state index in [1.54, 1.807) is 6.07 Å². The van der Waals surface area contributed by atoms with E-state index >= 15 is 0 Å². The fourth-order valence-electron chi connectivity index (χ4n) is 2.17. The van der Waals surface area contributed by atoms with E-state index in [1.165, 1.54) is 6.07 Å². The molecule has 0 saturated carbocycles. The molecule has 0 unspecified atom stereocenters. The normalized spacial score (nSPS) is 10.7. The number of pyridine rings is 1. The number of rotatable bonds is 3. The van der Waals surface area contributed by atoms with Crippen molar-refractivity contribution in [2.75, 3.05) is 5.32 Å². The molecule has 1 heterocycles. The van der Waals surface area contributed by atoms with E-state index in [9.17, 15) is 4.39 Å².